The van der Waals surface area contributed by atoms with E-state index in [2.05, 4.69) is 4.72 Å². The first-order valence-electron chi connectivity index (χ1n) is 4.16. The summed E-state index contributed by atoms with van der Waals surface area (Å²) in [6, 6.07) is 2.88. The lowest BCUT2D eigenvalue weighted by atomic mass is 10.4. The highest BCUT2D eigenvalue weighted by Crippen LogP contribution is 2.19. The van der Waals surface area contributed by atoms with Gasteiger partial charge in [0.05, 0.1) is 11.6 Å². The Kier molecular flexibility index (Phi) is 4.00. The summed E-state index contributed by atoms with van der Waals surface area (Å²) in [5.74, 6) is -1.17. The molecule has 0 radical (unpaired) electrons. The topological polar surface area (TPSA) is 107 Å². The number of carboxylic acids is 1. The molecule has 0 atom stereocenters. The third kappa shape index (κ3) is 3.03. The molecule has 0 aliphatic heterocycles. The highest BCUT2D eigenvalue weighted by Gasteiger charge is 2.17. The molecule has 0 unspecified atom stereocenters. The van der Waals surface area contributed by atoms with Crippen LogP contribution < -0.4 is 4.72 Å². The van der Waals surface area contributed by atoms with Gasteiger partial charge in [0.25, 0.3) is 0 Å². The van der Waals surface area contributed by atoms with E-state index in [9.17, 15) is 13.2 Å². The molecule has 1 heterocycles. The predicted octanol–water partition coefficient (Wildman–Crippen LogP) is 0.638. The lowest BCUT2D eigenvalue weighted by Crippen LogP contribution is -2.23. The average Bonchev–Trinajstić information content (AvgIpc) is 2.67. The quantitative estimate of drug-likeness (QED) is 0.755. The Labute approximate surface area is 96.2 Å². The van der Waals surface area contributed by atoms with Crippen LogP contribution in [0.1, 0.15) is 16.8 Å². The van der Waals surface area contributed by atoms with Crippen molar-refractivity contribution in [3.63, 3.8) is 0 Å². The summed E-state index contributed by atoms with van der Waals surface area (Å²) in [6.45, 7) is 0.0130. The third-order valence-electron chi connectivity index (χ3n) is 1.62. The van der Waals surface area contributed by atoms with Crippen molar-refractivity contribution in [2.24, 2.45) is 0 Å². The summed E-state index contributed by atoms with van der Waals surface area (Å²) in [6.07, 6.45) is 0.0659. The maximum atomic E-state index is 11.5. The molecule has 0 saturated heterocycles. The van der Waals surface area contributed by atoms with Crippen molar-refractivity contribution in [3.05, 3.63) is 17.0 Å². The Morgan fingerprint density at radius 1 is 1.62 bits per heavy atom. The summed E-state index contributed by atoms with van der Waals surface area (Å²) >= 11 is 0.829. The molecule has 2 N–H and O–H groups in total. The van der Waals surface area contributed by atoms with Crippen LogP contribution in [0.3, 0.4) is 0 Å². The molecule has 0 bridgehead atoms. The summed E-state index contributed by atoms with van der Waals surface area (Å²) < 4.78 is 25.2. The standard InChI is InChI=1S/C8H8N2O4S2/c9-2-1-3-10-16(13,14)7-4-6(5-15-7)8(11)12/h4-5,10H,1,3H2,(H,11,12). The zero-order valence-corrected chi connectivity index (χ0v) is 9.64. The van der Waals surface area contributed by atoms with Crippen molar-refractivity contribution in [1.29, 1.82) is 5.26 Å². The highest BCUT2D eigenvalue weighted by atomic mass is 32.2. The maximum Gasteiger partial charge on any atom is 0.336 e. The number of nitrogens with one attached hydrogen (secondary N) is 1. The fraction of sp³-hybridized carbons (Fsp3) is 0.250. The van der Waals surface area contributed by atoms with E-state index >= 15 is 0 Å². The molecule has 0 spiro atoms. The molecule has 0 amide bonds. The molecule has 8 heteroatoms. The molecule has 0 fully saturated rings. The molecule has 0 saturated carbocycles. The van der Waals surface area contributed by atoms with E-state index in [1.807, 2.05) is 0 Å². The number of rotatable bonds is 5. The van der Waals surface area contributed by atoms with Gasteiger partial charge >= 0.3 is 5.97 Å². The van der Waals surface area contributed by atoms with Crippen molar-refractivity contribution in [1.82, 2.24) is 4.72 Å². The Morgan fingerprint density at radius 2 is 2.31 bits per heavy atom. The Balaban J connectivity index is 2.83. The SMILES string of the molecule is N#CCCNS(=O)(=O)c1cc(C(=O)O)cs1. The van der Waals surface area contributed by atoms with Crippen LogP contribution in [0.2, 0.25) is 0 Å². The highest BCUT2D eigenvalue weighted by molar-refractivity contribution is 7.91. The number of hydrogen-bond donors (Lipinski definition) is 2. The largest absolute Gasteiger partial charge is 0.478 e. The monoisotopic (exact) mass is 260 g/mol. The van der Waals surface area contributed by atoms with Crippen LogP contribution in [-0.4, -0.2) is 26.0 Å². The summed E-state index contributed by atoms with van der Waals surface area (Å²) in [4.78, 5) is 10.5. The predicted molar refractivity (Wildman–Crippen MR) is 56.7 cm³/mol. The van der Waals surface area contributed by atoms with E-state index in [1.54, 1.807) is 6.07 Å². The number of nitriles is 1. The molecular formula is C8H8N2O4S2. The van der Waals surface area contributed by atoms with Gasteiger partial charge in [-0.1, -0.05) is 0 Å². The summed E-state index contributed by atoms with van der Waals surface area (Å²) in [7, 11) is -3.69. The van der Waals surface area contributed by atoms with Gasteiger partial charge in [0.2, 0.25) is 10.0 Å². The van der Waals surface area contributed by atoms with Crippen molar-refractivity contribution in [2.75, 3.05) is 6.54 Å². The third-order valence-corrected chi connectivity index (χ3v) is 4.52. The van der Waals surface area contributed by atoms with Gasteiger partial charge in [0.15, 0.2) is 0 Å². The molecule has 0 aliphatic carbocycles. The summed E-state index contributed by atoms with van der Waals surface area (Å²) in [5.41, 5.74) is -0.0642. The van der Waals surface area contributed by atoms with Crippen LogP contribution in [0.4, 0.5) is 0 Å². The second kappa shape index (κ2) is 5.07. The molecule has 1 aromatic rings. The van der Waals surface area contributed by atoms with Crippen molar-refractivity contribution in [2.45, 2.75) is 10.6 Å². The Morgan fingerprint density at radius 3 is 2.81 bits per heavy atom. The average molecular weight is 260 g/mol. The normalized spacial score (nSPS) is 10.9. The summed E-state index contributed by atoms with van der Waals surface area (Å²) in [5, 5.41) is 18.1. The van der Waals surface area contributed by atoms with Gasteiger partial charge in [-0.3, -0.25) is 0 Å². The lowest BCUT2D eigenvalue weighted by Gasteiger charge is -2.00. The first-order valence-corrected chi connectivity index (χ1v) is 6.52. The van der Waals surface area contributed by atoms with Gasteiger partial charge in [-0.25, -0.2) is 17.9 Å². The van der Waals surface area contributed by atoms with Gasteiger partial charge in [0.1, 0.15) is 4.21 Å². The van der Waals surface area contributed by atoms with E-state index in [-0.39, 0.29) is 22.7 Å². The van der Waals surface area contributed by atoms with Gasteiger partial charge in [-0.15, -0.1) is 11.3 Å². The van der Waals surface area contributed by atoms with E-state index < -0.39 is 16.0 Å². The van der Waals surface area contributed by atoms with Crippen molar-refractivity contribution < 1.29 is 18.3 Å². The van der Waals surface area contributed by atoms with Gasteiger partial charge < -0.3 is 5.11 Å². The number of hydrogen-bond acceptors (Lipinski definition) is 5. The number of nitrogens with zero attached hydrogens (tertiary/aromatic N) is 1. The second-order valence-electron chi connectivity index (χ2n) is 2.77. The first-order chi connectivity index (χ1) is 7.47. The van der Waals surface area contributed by atoms with Gasteiger partial charge in [-0.05, 0) is 6.07 Å². The molecular weight excluding hydrogens is 252 g/mol. The first kappa shape index (κ1) is 12.6. The fourth-order valence-electron chi connectivity index (χ4n) is 0.882. The molecule has 16 heavy (non-hydrogen) atoms. The molecule has 86 valence electrons. The molecule has 0 aromatic carbocycles. The van der Waals surface area contributed by atoms with Gasteiger partial charge in [0, 0.05) is 18.3 Å². The fourth-order valence-corrected chi connectivity index (χ4v) is 3.11. The number of carbonyl (C=O) groups is 1. The zero-order chi connectivity index (χ0) is 12.2. The van der Waals surface area contributed by atoms with E-state index in [4.69, 9.17) is 10.4 Å². The number of aromatic carboxylic acids is 1. The van der Waals surface area contributed by atoms with Crippen molar-refractivity contribution >= 4 is 27.3 Å². The molecule has 1 aromatic heterocycles. The van der Waals surface area contributed by atoms with E-state index in [1.165, 1.54) is 5.38 Å². The van der Waals surface area contributed by atoms with Crippen LogP contribution >= 0.6 is 11.3 Å². The minimum absolute atomic E-state index is 0.0130. The second-order valence-corrected chi connectivity index (χ2v) is 5.67. The maximum absolute atomic E-state index is 11.5. The lowest BCUT2D eigenvalue weighted by molar-refractivity contribution is 0.0697. The number of carboxylic acid groups (broad SMARTS) is 1. The van der Waals surface area contributed by atoms with E-state index in [0.717, 1.165) is 17.4 Å². The Hall–Kier alpha value is -1.43. The van der Waals surface area contributed by atoms with Crippen LogP contribution in [0.5, 0.6) is 0 Å². The van der Waals surface area contributed by atoms with Crippen LogP contribution in [-0.2, 0) is 10.0 Å². The molecule has 6 nitrogen and oxygen atoms in total. The minimum Gasteiger partial charge on any atom is -0.478 e. The van der Waals surface area contributed by atoms with Crippen molar-refractivity contribution in [3.8, 4) is 6.07 Å². The smallest absolute Gasteiger partial charge is 0.336 e. The molecule has 1 rings (SSSR count). The van der Waals surface area contributed by atoms with Crippen LogP contribution in [0.15, 0.2) is 15.7 Å². The van der Waals surface area contributed by atoms with Gasteiger partial charge in [-0.2, -0.15) is 5.26 Å². The number of sulfonamides is 1. The van der Waals surface area contributed by atoms with E-state index in [0.29, 0.717) is 0 Å². The zero-order valence-electron chi connectivity index (χ0n) is 8.00. The Bertz CT molecular complexity index is 526. The number of thiophene rings is 1. The minimum atomic E-state index is -3.69. The van der Waals surface area contributed by atoms with Crippen LogP contribution in [0.25, 0.3) is 0 Å². The molecule has 0 aliphatic rings. The van der Waals surface area contributed by atoms with Crippen LogP contribution in [0, 0.1) is 11.3 Å².